The molecule has 2 aromatic rings. The van der Waals surface area contributed by atoms with Crippen molar-refractivity contribution >= 4 is 22.8 Å². The van der Waals surface area contributed by atoms with Crippen LogP contribution in [0, 0.1) is 0 Å². The van der Waals surface area contributed by atoms with Gasteiger partial charge in [-0.2, -0.15) is 0 Å². The number of aliphatic hydroxyl groups excluding tert-OH is 1. The number of nitrogens with zero attached hydrogens (tertiary/aromatic N) is 2. The molecule has 0 saturated heterocycles. The van der Waals surface area contributed by atoms with Gasteiger partial charge in [-0.3, -0.25) is 0 Å². The van der Waals surface area contributed by atoms with Crippen molar-refractivity contribution in [3.63, 3.8) is 0 Å². The van der Waals surface area contributed by atoms with Gasteiger partial charge in [-0.05, 0) is 31.5 Å². The van der Waals surface area contributed by atoms with E-state index in [1.807, 2.05) is 32.0 Å². The second-order valence-electron chi connectivity index (χ2n) is 5.74. The molecule has 0 spiro atoms. The molecule has 8 nitrogen and oxygen atoms in total. The maximum Gasteiger partial charge on any atom is 0.232 e. The van der Waals surface area contributed by atoms with Crippen LogP contribution in [0.1, 0.15) is 19.4 Å². The minimum atomic E-state index is -1.68. The molecule has 0 aliphatic rings. The van der Waals surface area contributed by atoms with Crippen molar-refractivity contribution in [1.29, 1.82) is 0 Å². The van der Waals surface area contributed by atoms with Crippen LogP contribution in [0.15, 0.2) is 24.3 Å². The van der Waals surface area contributed by atoms with Gasteiger partial charge in [0.2, 0.25) is 11.6 Å². The van der Waals surface area contributed by atoms with Crippen molar-refractivity contribution < 1.29 is 14.4 Å². The molecule has 1 aromatic carbocycles. The highest BCUT2D eigenvalue weighted by Crippen LogP contribution is 2.22. The lowest BCUT2D eigenvalue weighted by Crippen LogP contribution is -2.29. The van der Waals surface area contributed by atoms with Crippen molar-refractivity contribution in [1.82, 2.24) is 8.75 Å². The van der Waals surface area contributed by atoms with Gasteiger partial charge in [0.15, 0.2) is 11.1 Å². The molecule has 1 heterocycles. The zero-order valence-corrected chi connectivity index (χ0v) is 13.8. The molecular formula is C14H21N5O3S. The first kappa shape index (κ1) is 17.4. The number of nitrogen functional groups attached to an aromatic ring is 1. The molecule has 0 amide bonds. The van der Waals surface area contributed by atoms with Crippen LogP contribution in [0.3, 0.4) is 0 Å². The van der Waals surface area contributed by atoms with Crippen LogP contribution in [0.25, 0.3) is 0 Å². The first-order valence-corrected chi connectivity index (χ1v) is 8.11. The van der Waals surface area contributed by atoms with Crippen LogP contribution in [-0.2, 0) is 5.54 Å². The number of hydrogen-bond donors (Lipinski definition) is 4. The molecule has 0 radical (unpaired) electrons. The number of nitrogens with one attached hydrogen (secondary N) is 1. The summed E-state index contributed by atoms with van der Waals surface area (Å²) in [6, 6.07) is 7.41. The smallest absolute Gasteiger partial charge is 0.232 e. The van der Waals surface area contributed by atoms with Gasteiger partial charge in [-0.1, -0.05) is 12.1 Å². The number of ether oxygens (including phenoxy) is 1. The second-order valence-corrected chi connectivity index (χ2v) is 6.57. The Balaban J connectivity index is 1.85. The summed E-state index contributed by atoms with van der Waals surface area (Å²) in [5.74, 6) is 0.907. The highest BCUT2D eigenvalue weighted by atomic mass is 32.2. The summed E-state index contributed by atoms with van der Waals surface area (Å²) in [5.41, 5.74) is 12.0. The quantitative estimate of drug-likeness (QED) is 0.543. The predicted molar refractivity (Wildman–Crippen MR) is 88.7 cm³/mol. The van der Waals surface area contributed by atoms with E-state index in [0.29, 0.717) is 5.75 Å². The minimum absolute atomic E-state index is 0.0642. The van der Waals surface area contributed by atoms with E-state index in [4.69, 9.17) is 16.2 Å². The fraction of sp³-hybridized carbons (Fsp3) is 0.429. The van der Waals surface area contributed by atoms with Crippen molar-refractivity contribution in [2.24, 2.45) is 5.73 Å². The third-order valence-electron chi connectivity index (χ3n) is 3.11. The van der Waals surface area contributed by atoms with Crippen LogP contribution < -0.4 is 21.5 Å². The Labute approximate surface area is 137 Å². The Morgan fingerprint density at radius 3 is 2.78 bits per heavy atom. The van der Waals surface area contributed by atoms with E-state index >= 15 is 0 Å². The molecule has 0 saturated carbocycles. The monoisotopic (exact) mass is 339 g/mol. The van der Waals surface area contributed by atoms with Gasteiger partial charge in [0.25, 0.3) is 0 Å². The second kappa shape index (κ2) is 7.09. The molecule has 9 heteroatoms. The van der Waals surface area contributed by atoms with Crippen molar-refractivity contribution in [2.45, 2.75) is 25.5 Å². The molecule has 0 fully saturated rings. The van der Waals surface area contributed by atoms with E-state index in [-0.39, 0.29) is 24.8 Å². The first-order chi connectivity index (χ1) is 10.8. The third kappa shape index (κ3) is 5.03. The molecule has 0 aliphatic carbocycles. The molecule has 23 heavy (non-hydrogen) atoms. The summed E-state index contributed by atoms with van der Waals surface area (Å²) in [4.78, 5) is 0. The SMILES string of the molecule is CC(C)(N)c1cccc(OCC(O)CNc2n[s+]([O-])nc2N)c1. The van der Waals surface area contributed by atoms with Crippen LogP contribution in [0.4, 0.5) is 11.6 Å². The molecule has 126 valence electrons. The highest BCUT2D eigenvalue weighted by Gasteiger charge is 2.16. The summed E-state index contributed by atoms with van der Waals surface area (Å²) >= 11 is -1.68. The average molecular weight is 339 g/mol. The number of benzene rings is 1. The lowest BCUT2D eigenvalue weighted by atomic mass is 9.96. The lowest BCUT2D eigenvalue weighted by molar-refractivity contribution is 0.117. The summed E-state index contributed by atoms with van der Waals surface area (Å²) in [6.07, 6.45) is -0.797. The van der Waals surface area contributed by atoms with Gasteiger partial charge in [0.05, 0.1) is 0 Å². The Bertz CT molecular complexity index is 656. The number of hydrogen-bond acceptors (Lipinski definition) is 8. The number of aliphatic hydroxyl groups is 1. The van der Waals surface area contributed by atoms with Crippen molar-refractivity contribution in [3.8, 4) is 5.75 Å². The molecule has 0 aliphatic heterocycles. The Kier molecular flexibility index (Phi) is 5.37. The molecule has 6 N–H and O–H groups in total. The fourth-order valence-corrected chi connectivity index (χ4v) is 2.46. The van der Waals surface area contributed by atoms with Crippen LogP contribution >= 0.6 is 11.1 Å². The molecule has 1 aromatic heterocycles. The van der Waals surface area contributed by atoms with Crippen LogP contribution in [0.2, 0.25) is 0 Å². The largest absolute Gasteiger partial charge is 0.546 e. The zero-order valence-electron chi connectivity index (χ0n) is 13.0. The number of anilines is 2. The van der Waals surface area contributed by atoms with Crippen LogP contribution in [0.5, 0.6) is 5.75 Å². The van der Waals surface area contributed by atoms with Gasteiger partial charge >= 0.3 is 0 Å². The Morgan fingerprint density at radius 1 is 1.43 bits per heavy atom. The van der Waals surface area contributed by atoms with Crippen molar-refractivity contribution in [3.05, 3.63) is 29.8 Å². The predicted octanol–water partition coefficient (Wildman–Crippen LogP) is 0.832. The fourth-order valence-electron chi connectivity index (χ4n) is 1.85. The van der Waals surface area contributed by atoms with Gasteiger partial charge in [-0.15, -0.1) is 0 Å². The molecular weight excluding hydrogens is 318 g/mol. The van der Waals surface area contributed by atoms with Gasteiger partial charge < -0.3 is 31.2 Å². The molecule has 2 rings (SSSR count). The molecule has 0 bridgehead atoms. The summed E-state index contributed by atoms with van der Waals surface area (Å²) in [6.45, 7) is 4.04. The standard InChI is InChI=1S/C14H21N5O3S/c1-14(2,16)9-4-3-5-11(6-9)22-8-10(20)7-17-13-12(15)18-23(21)19-13/h3-6,10,20H,7-8,16H2,1-2H3,(H2,15,18)(H,17,19). The third-order valence-corrected chi connectivity index (χ3v) is 3.81. The number of nitrogens with two attached hydrogens (primary N) is 2. The van der Waals surface area contributed by atoms with E-state index in [0.717, 1.165) is 5.56 Å². The lowest BCUT2D eigenvalue weighted by Gasteiger charge is -2.20. The van der Waals surface area contributed by atoms with Gasteiger partial charge in [-0.25, -0.2) is 0 Å². The Morgan fingerprint density at radius 2 is 2.17 bits per heavy atom. The summed E-state index contributed by atoms with van der Waals surface area (Å²) in [5, 5.41) is 12.7. The molecule has 2 unspecified atom stereocenters. The van der Waals surface area contributed by atoms with Crippen LogP contribution in [-0.4, -0.2) is 37.7 Å². The topological polar surface area (TPSA) is 142 Å². The minimum Gasteiger partial charge on any atom is -0.546 e. The zero-order chi connectivity index (χ0) is 17.0. The van der Waals surface area contributed by atoms with E-state index in [9.17, 15) is 9.66 Å². The summed E-state index contributed by atoms with van der Waals surface area (Å²) in [7, 11) is 0. The summed E-state index contributed by atoms with van der Waals surface area (Å²) < 4.78 is 23.8. The average Bonchev–Trinajstić information content (AvgIpc) is 2.80. The molecule has 2 atom stereocenters. The first-order valence-electron chi connectivity index (χ1n) is 7.05. The highest BCUT2D eigenvalue weighted by molar-refractivity contribution is 7.14. The van der Waals surface area contributed by atoms with Gasteiger partial charge in [0, 0.05) is 20.8 Å². The maximum atomic E-state index is 11.1. The van der Waals surface area contributed by atoms with E-state index in [1.165, 1.54) is 0 Å². The van der Waals surface area contributed by atoms with E-state index in [2.05, 4.69) is 14.1 Å². The number of aromatic nitrogens is 2. The van der Waals surface area contributed by atoms with Gasteiger partial charge in [0.1, 0.15) is 18.5 Å². The van der Waals surface area contributed by atoms with Crippen molar-refractivity contribution in [2.75, 3.05) is 24.2 Å². The van der Waals surface area contributed by atoms with E-state index < -0.39 is 22.8 Å². The Hall–Kier alpha value is -1.94. The normalized spacial score (nSPS) is 13.7. The maximum absolute atomic E-state index is 11.1. The van der Waals surface area contributed by atoms with E-state index in [1.54, 1.807) is 6.07 Å². The number of rotatable bonds is 7.